The Kier molecular flexibility index (Phi) is 5.63. The lowest BCUT2D eigenvalue weighted by Gasteiger charge is -1.97. The van der Waals surface area contributed by atoms with E-state index in [1.165, 1.54) is 24.3 Å². The summed E-state index contributed by atoms with van der Waals surface area (Å²) in [5, 5.41) is 9.44. The predicted octanol–water partition coefficient (Wildman–Crippen LogP) is 3.74. The van der Waals surface area contributed by atoms with Gasteiger partial charge in [0.05, 0.1) is 16.4 Å². The van der Waals surface area contributed by atoms with Gasteiger partial charge in [0.25, 0.3) is 0 Å². The van der Waals surface area contributed by atoms with Gasteiger partial charge in [0, 0.05) is 5.56 Å². The molecule has 0 saturated carbocycles. The monoisotopic (exact) mass is 325 g/mol. The molecule has 0 saturated heterocycles. The number of halogens is 2. The van der Waals surface area contributed by atoms with Crippen molar-refractivity contribution in [3.05, 3.63) is 57.0 Å². The van der Waals surface area contributed by atoms with E-state index in [0.717, 1.165) is 6.20 Å². The molecule has 0 spiro atoms. The fourth-order valence-corrected chi connectivity index (χ4v) is 1.76. The van der Waals surface area contributed by atoms with E-state index < -0.39 is 11.2 Å². The van der Waals surface area contributed by atoms with E-state index in [1.54, 1.807) is 6.07 Å². The Hall–Kier alpha value is -1.75. The van der Waals surface area contributed by atoms with Crippen LogP contribution in [0.2, 0.25) is 0 Å². The maximum Gasteiger partial charge on any atom is 0.221 e. The largest absolute Gasteiger partial charge is 0.503 e. The van der Waals surface area contributed by atoms with Crippen molar-refractivity contribution in [3.8, 4) is 17.0 Å². The molecule has 2 aromatic rings. The molecule has 0 unspecified atom stereocenters. The van der Waals surface area contributed by atoms with Crippen molar-refractivity contribution < 1.29 is 9.50 Å². The highest BCUT2D eigenvalue weighted by Crippen LogP contribution is 2.24. The van der Waals surface area contributed by atoms with Crippen LogP contribution in [-0.2, 0) is 0 Å². The van der Waals surface area contributed by atoms with Gasteiger partial charge in [0.1, 0.15) is 5.82 Å². The van der Waals surface area contributed by atoms with E-state index >= 15 is 0 Å². The van der Waals surface area contributed by atoms with Crippen LogP contribution < -0.4 is 5.43 Å². The molecule has 0 atom stereocenters. The van der Waals surface area contributed by atoms with Crippen LogP contribution in [-0.4, -0.2) is 10.1 Å². The summed E-state index contributed by atoms with van der Waals surface area (Å²) in [6, 6.07) is 7.09. The Labute approximate surface area is 118 Å². The smallest absolute Gasteiger partial charge is 0.221 e. The van der Waals surface area contributed by atoms with Gasteiger partial charge in [0.2, 0.25) is 5.43 Å². The summed E-state index contributed by atoms with van der Waals surface area (Å²) < 4.78 is 13.0. The molecule has 1 heterocycles. The minimum atomic E-state index is -0.495. The molecule has 19 heavy (non-hydrogen) atoms. The molecule has 3 nitrogen and oxygen atoms in total. The molecule has 0 amide bonds. The van der Waals surface area contributed by atoms with Crippen LogP contribution in [0.5, 0.6) is 5.75 Å². The maximum absolute atomic E-state index is 12.7. The fraction of sp³-hybridized carbons (Fsp3) is 0.143. The summed E-state index contributed by atoms with van der Waals surface area (Å²) in [4.78, 5) is 15.2. The minimum Gasteiger partial charge on any atom is -0.503 e. The highest BCUT2D eigenvalue weighted by Gasteiger charge is 2.04. The van der Waals surface area contributed by atoms with E-state index in [1.807, 2.05) is 13.8 Å². The zero-order valence-corrected chi connectivity index (χ0v) is 12.1. The maximum atomic E-state index is 12.7. The van der Waals surface area contributed by atoms with Gasteiger partial charge in [-0.05, 0) is 46.3 Å². The van der Waals surface area contributed by atoms with Crippen LogP contribution in [0, 0.1) is 5.82 Å². The second-order valence-corrected chi connectivity index (χ2v) is 4.21. The molecule has 100 valence electrons. The Morgan fingerprint density at radius 3 is 2.47 bits per heavy atom. The molecular formula is C14H13BrFNO2. The quantitative estimate of drug-likeness (QED) is 0.868. The first-order valence-corrected chi connectivity index (χ1v) is 6.52. The first kappa shape index (κ1) is 15.3. The summed E-state index contributed by atoms with van der Waals surface area (Å²) >= 11 is 3.09. The van der Waals surface area contributed by atoms with Crippen molar-refractivity contribution in [2.45, 2.75) is 13.8 Å². The zero-order chi connectivity index (χ0) is 14.4. The molecule has 1 aromatic heterocycles. The van der Waals surface area contributed by atoms with Gasteiger partial charge >= 0.3 is 0 Å². The van der Waals surface area contributed by atoms with Gasteiger partial charge < -0.3 is 5.11 Å². The van der Waals surface area contributed by atoms with Crippen LogP contribution in [0.3, 0.4) is 0 Å². The van der Waals surface area contributed by atoms with E-state index in [9.17, 15) is 14.3 Å². The molecule has 1 aromatic carbocycles. The average molecular weight is 326 g/mol. The predicted molar refractivity (Wildman–Crippen MR) is 76.6 cm³/mol. The topological polar surface area (TPSA) is 50.2 Å². The number of hydrogen-bond acceptors (Lipinski definition) is 3. The third-order valence-corrected chi connectivity index (χ3v) is 2.78. The molecule has 0 aliphatic carbocycles. The van der Waals surface area contributed by atoms with Crippen molar-refractivity contribution in [1.29, 1.82) is 0 Å². The number of hydrogen-bond donors (Lipinski definition) is 1. The van der Waals surface area contributed by atoms with Gasteiger partial charge in [-0.3, -0.25) is 9.78 Å². The van der Waals surface area contributed by atoms with Crippen molar-refractivity contribution in [2.75, 3.05) is 0 Å². The molecule has 1 N–H and O–H groups in total. The van der Waals surface area contributed by atoms with Crippen LogP contribution >= 0.6 is 15.9 Å². The third kappa shape index (κ3) is 3.86. The standard InChI is InChI=1S/C12H7BrFNO2.C2H6/c13-9-5-7(1-4-11(16)12(9)17)10-3-2-8(14)6-15-10;1-2/h1-6H,(H,16,17);1-2H3. The normalized spacial score (nSPS) is 9.47. The minimum absolute atomic E-state index is 0.272. The summed E-state index contributed by atoms with van der Waals surface area (Å²) in [6.07, 6.45) is 1.09. The summed E-state index contributed by atoms with van der Waals surface area (Å²) in [7, 11) is 0. The SMILES string of the molecule is CC.O=c1ccc(-c2ccc(F)cn2)cc(Br)c1O. The second-order valence-electron chi connectivity index (χ2n) is 3.36. The molecule has 5 heteroatoms. The molecule has 0 radical (unpaired) electrons. The van der Waals surface area contributed by atoms with E-state index in [4.69, 9.17) is 0 Å². The summed E-state index contributed by atoms with van der Waals surface area (Å²) in [6.45, 7) is 4.00. The molecule has 0 bridgehead atoms. The van der Waals surface area contributed by atoms with Crippen molar-refractivity contribution in [3.63, 3.8) is 0 Å². The van der Waals surface area contributed by atoms with Crippen molar-refractivity contribution >= 4 is 15.9 Å². The molecule has 0 aliphatic rings. The first-order chi connectivity index (χ1) is 9.08. The third-order valence-electron chi connectivity index (χ3n) is 2.18. The fourth-order valence-electron chi connectivity index (χ4n) is 1.32. The second kappa shape index (κ2) is 6.99. The van der Waals surface area contributed by atoms with Crippen molar-refractivity contribution in [1.82, 2.24) is 4.98 Å². The Morgan fingerprint density at radius 2 is 1.89 bits per heavy atom. The lowest BCUT2D eigenvalue weighted by Crippen LogP contribution is -1.92. The van der Waals surface area contributed by atoms with E-state index in [0.29, 0.717) is 11.3 Å². The Balaban J connectivity index is 0.000000861. The zero-order valence-electron chi connectivity index (χ0n) is 10.5. The van der Waals surface area contributed by atoms with E-state index in [2.05, 4.69) is 20.9 Å². The number of aromatic hydroxyl groups is 1. The molecule has 0 aliphatic heterocycles. The summed E-state index contributed by atoms with van der Waals surface area (Å²) in [5.41, 5.74) is 0.626. The van der Waals surface area contributed by atoms with Gasteiger partial charge in [-0.25, -0.2) is 4.39 Å². The van der Waals surface area contributed by atoms with E-state index in [-0.39, 0.29) is 10.2 Å². The lowest BCUT2D eigenvalue weighted by atomic mass is 10.2. The molecular weight excluding hydrogens is 313 g/mol. The number of nitrogens with zero attached hydrogens (tertiary/aromatic N) is 1. The highest BCUT2D eigenvalue weighted by molar-refractivity contribution is 9.10. The number of pyridine rings is 1. The van der Waals surface area contributed by atoms with Crippen molar-refractivity contribution in [2.24, 2.45) is 0 Å². The highest BCUT2D eigenvalue weighted by atomic mass is 79.9. The van der Waals surface area contributed by atoms with Crippen LogP contribution in [0.1, 0.15) is 13.8 Å². The van der Waals surface area contributed by atoms with Gasteiger partial charge in [-0.15, -0.1) is 0 Å². The number of aromatic nitrogens is 1. The van der Waals surface area contributed by atoms with Crippen LogP contribution in [0.25, 0.3) is 11.3 Å². The lowest BCUT2D eigenvalue weighted by molar-refractivity contribution is 0.467. The average Bonchev–Trinajstić information content (AvgIpc) is 2.56. The molecule has 2 rings (SSSR count). The van der Waals surface area contributed by atoms with Gasteiger partial charge in [-0.1, -0.05) is 13.8 Å². The first-order valence-electron chi connectivity index (χ1n) is 5.72. The Bertz CT molecular complexity index is 615. The summed E-state index contributed by atoms with van der Waals surface area (Å²) in [5.74, 6) is -0.793. The number of rotatable bonds is 1. The van der Waals surface area contributed by atoms with Gasteiger partial charge in [0.15, 0.2) is 5.75 Å². The molecule has 0 fully saturated rings. The van der Waals surface area contributed by atoms with Crippen LogP contribution in [0.15, 0.2) is 45.8 Å². The Morgan fingerprint density at radius 1 is 1.21 bits per heavy atom. The van der Waals surface area contributed by atoms with Crippen LogP contribution in [0.4, 0.5) is 4.39 Å². The van der Waals surface area contributed by atoms with Gasteiger partial charge in [-0.2, -0.15) is 0 Å².